The molecule has 1 atom stereocenters. The Kier molecular flexibility index (Phi) is 5.17. The summed E-state index contributed by atoms with van der Waals surface area (Å²) in [5.41, 5.74) is 0. The van der Waals surface area contributed by atoms with Crippen molar-refractivity contribution in [3.8, 4) is 0 Å². The molecule has 7 heteroatoms. The smallest absolute Gasteiger partial charge is 0.237 e. The van der Waals surface area contributed by atoms with Crippen LogP contribution in [0, 0.1) is 0 Å². The minimum absolute atomic E-state index is 0.0480. The summed E-state index contributed by atoms with van der Waals surface area (Å²) >= 11 is 0. The Balaban J connectivity index is 2.13. The fourth-order valence-corrected chi connectivity index (χ4v) is 2.14. The number of carbonyl (C=O) groups is 1. The Labute approximate surface area is 96.2 Å². The number of hydrogen-bond acceptors (Lipinski definition) is 4. The number of carbonyl (C=O) groups excluding carboxylic acids is 1. The van der Waals surface area contributed by atoms with E-state index in [1.807, 2.05) is 0 Å². The molecule has 0 aromatic rings. The minimum atomic E-state index is -3.15. The highest BCUT2D eigenvalue weighted by molar-refractivity contribution is 7.89. The average Bonchev–Trinajstić information content (AvgIpc) is 2.77. The molecule has 1 aliphatic rings. The maximum absolute atomic E-state index is 11.5. The van der Waals surface area contributed by atoms with Gasteiger partial charge in [0.2, 0.25) is 15.9 Å². The lowest BCUT2D eigenvalue weighted by Crippen LogP contribution is -2.43. The molecule has 0 spiro atoms. The molecule has 1 fully saturated rings. The Morgan fingerprint density at radius 3 is 2.75 bits per heavy atom. The van der Waals surface area contributed by atoms with Gasteiger partial charge in [0, 0.05) is 13.1 Å². The van der Waals surface area contributed by atoms with Gasteiger partial charge in [-0.15, -0.1) is 0 Å². The summed E-state index contributed by atoms with van der Waals surface area (Å²) in [5, 5.41) is 5.77. The topological polar surface area (TPSA) is 87.3 Å². The highest BCUT2D eigenvalue weighted by Gasteiger charge is 2.21. The minimum Gasteiger partial charge on any atom is -0.353 e. The van der Waals surface area contributed by atoms with E-state index >= 15 is 0 Å². The Hall–Kier alpha value is -0.660. The molecule has 1 aliphatic heterocycles. The predicted octanol–water partition coefficient (Wildman–Crippen LogP) is -1.21. The van der Waals surface area contributed by atoms with Crippen molar-refractivity contribution in [2.75, 3.05) is 25.4 Å². The van der Waals surface area contributed by atoms with Gasteiger partial charge in [-0.3, -0.25) is 4.79 Å². The van der Waals surface area contributed by atoms with Gasteiger partial charge in [0.1, 0.15) is 0 Å². The highest BCUT2D eigenvalue weighted by atomic mass is 32.2. The molecule has 1 heterocycles. The van der Waals surface area contributed by atoms with Crippen LogP contribution in [0.1, 0.15) is 19.8 Å². The molecule has 3 N–H and O–H groups in total. The first-order valence-electron chi connectivity index (χ1n) is 5.53. The fourth-order valence-electron chi connectivity index (χ4n) is 1.53. The van der Waals surface area contributed by atoms with Crippen LogP contribution in [0.4, 0.5) is 0 Å². The average molecular weight is 249 g/mol. The SMILES string of the molecule is CCS(=O)(=O)NCCNC(=O)C1CCCN1. The van der Waals surface area contributed by atoms with Crippen molar-refractivity contribution >= 4 is 15.9 Å². The standard InChI is InChI=1S/C9H19N3O3S/c1-2-16(14,15)12-7-6-11-9(13)8-4-3-5-10-8/h8,10,12H,2-7H2,1H3,(H,11,13). The third-order valence-corrected chi connectivity index (χ3v) is 3.91. The van der Waals surface area contributed by atoms with Crippen molar-refractivity contribution in [2.24, 2.45) is 0 Å². The van der Waals surface area contributed by atoms with Crippen LogP contribution in [0.25, 0.3) is 0 Å². The van der Waals surface area contributed by atoms with E-state index in [-0.39, 0.29) is 24.2 Å². The zero-order valence-electron chi connectivity index (χ0n) is 9.45. The third-order valence-electron chi connectivity index (χ3n) is 2.50. The van der Waals surface area contributed by atoms with E-state index < -0.39 is 10.0 Å². The van der Waals surface area contributed by atoms with Gasteiger partial charge in [-0.1, -0.05) is 0 Å². The van der Waals surface area contributed by atoms with E-state index in [0.29, 0.717) is 6.54 Å². The fraction of sp³-hybridized carbons (Fsp3) is 0.889. The van der Waals surface area contributed by atoms with E-state index in [1.54, 1.807) is 6.92 Å². The summed E-state index contributed by atoms with van der Waals surface area (Å²) in [6.07, 6.45) is 1.87. The van der Waals surface area contributed by atoms with E-state index in [9.17, 15) is 13.2 Å². The van der Waals surface area contributed by atoms with Crippen molar-refractivity contribution in [1.82, 2.24) is 15.4 Å². The van der Waals surface area contributed by atoms with Crippen LogP contribution in [-0.4, -0.2) is 45.8 Å². The first-order valence-corrected chi connectivity index (χ1v) is 7.19. The maximum atomic E-state index is 11.5. The number of hydrogen-bond donors (Lipinski definition) is 3. The van der Waals surface area contributed by atoms with Gasteiger partial charge in [-0.05, 0) is 26.3 Å². The number of rotatable bonds is 6. The number of amides is 1. The summed E-state index contributed by atoms with van der Waals surface area (Å²) < 4.78 is 24.5. The Morgan fingerprint density at radius 1 is 1.44 bits per heavy atom. The van der Waals surface area contributed by atoms with E-state index in [4.69, 9.17) is 0 Å². The quantitative estimate of drug-likeness (QED) is 0.516. The molecular formula is C9H19N3O3S. The van der Waals surface area contributed by atoms with Gasteiger partial charge >= 0.3 is 0 Å². The molecule has 0 aliphatic carbocycles. The zero-order valence-corrected chi connectivity index (χ0v) is 10.3. The number of sulfonamides is 1. The zero-order chi connectivity index (χ0) is 12.0. The van der Waals surface area contributed by atoms with Crippen molar-refractivity contribution in [3.63, 3.8) is 0 Å². The normalized spacial score (nSPS) is 20.9. The molecule has 16 heavy (non-hydrogen) atoms. The first-order chi connectivity index (χ1) is 7.55. The molecule has 0 saturated carbocycles. The molecule has 0 aromatic heterocycles. The molecular weight excluding hydrogens is 230 g/mol. The second-order valence-corrected chi connectivity index (χ2v) is 5.83. The lowest BCUT2D eigenvalue weighted by atomic mass is 10.2. The van der Waals surface area contributed by atoms with Crippen LogP contribution in [0.5, 0.6) is 0 Å². The van der Waals surface area contributed by atoms with Gasteiger partial charge in [-0.25, -0.2) is 13.1 Å². The van der Waals surface area contributed by atoms with Gasteiger partial charge < -0.3 is 10.6 Å². The van der Waals surface area contributed by atoms with Crippen LogP contribution in [-0.2, 0) is 14.8 Å². The molecule has 1 saturated heterocycles. The second-order valence-electron chi connectivity index (χ2n) is 3.74. The molecule has 1 rings (SSSR count). The van der Waals surface area contributed by atoms with Gasteiger partial charge in [0.25, 0.3) is 0 Å². The molecule has 0 aromatic carbocycles. The Morgan fingerprint density at radius 2 is 2.19 bits per heavy atom. The number of nitrogens with one attached hydrogen (secondary N) is 3. The maximum Gasteiger partial charge on any atom is 0.237 e. The summed E-state index contributed by atoms with van der Waals surface area (Å²) in [7, 11) is -3.15. The van der Waals surface area contributed by atoms with Gasteiger partial charge in [0.15, 0.2) is 0 Å². The van der Waals surface area contributed by atoms with Crippen molar-refractivity contribution in [3.05, 3.63) is 0 Å². The lowest BCUT2D eigenvalue weighted by Gasteiger charge is -2.11. The van der Waals surface area contributed by atoms with Crippen LogP contribution >= 0.6 is 0 Å². The monoisotopic (exact) mass is 249 g/mol. The van der Waals surface area contributed by atoms with Crippen LogP contribution < -0.4 is 15.4 Å². The van der Waals surface area contributed by atoms with Crippen molar-refractivity contribution < 1.29 is 13.2 Å². The Bertz CT molecular complexity index is 323. The summed E-state index contributed by atoms with van der Waals surface area (Å²) in [6.45, 7) is 3.02. The third kappa shape index (κ3) is 4.46. The van der Waals surface area contributed by atoms with E-state index in [2.05, 4.69) is 15.4 Å². The molecule has 1 unspecified atom stereocenters. The molecule has 0 bridgehead atoms. The van der Waals surface area contributed by atoms with Crippen LogP contribution in [0.15, 0.2) is 0 Å². The van der Waals surface area contributed by atoms with Crippen LogP contribution in [0.2, 0.25) is 0 Å². The van der Waals surface area contributed by atoms with Crippen molar-refractivity contribution in [2.45, 2.75) is 25.8 Å². The second kappa shape index (κ2) is 6.17. The van der Waals surface area contributed by atoms with Gasteiger partial charge in [-0.2, -0.15) is 0 Å². The lowest BCUT2D eigenvalue weighted by molar-refractivity contribution is -0.122. The highest BCUT2D eigenvalue weighted by Crippen LogP contribution is 2.03. The van der Waals surface area contributed by atoms with Crippen molar-refractivity contribution in [1.29, 1.82) is 0 Å². The summed E-state index contributed by atoms with van der Waals surface area (Å²) in [4.78, 5) is 11.5. The first kappa shape index (κ1) is 13.4. The molecule has 0 radical (unpaired) electrons. The molecule has 94 valence electrons. The van der Waals surface area contributed by atoms with Gasteiger partial charge in [0.05, 0.1) is 11.8 Å². The summed E-state index contributed by atoms with van der Waals surface area (Å²) in [5.74, 6) is 0.0127. The van der Waals surface area contributed by atoms with E-state index in [0.717, 1.165) is 19.4 Å². The molecule has 1 amide bonds. The molecule has 6 nitrogen and oxygen atoms in total. The summed E-state index contributed by atoms with van der Waals surface area (Å²) in [6, 6.07) is -0.109. The predicted molar refractivity (Wildman–Crippen MR) is 61.5 cm³/mol. The van der Waals surface area contributed by atoms with E-state index in [1.165, 1.54) is 0 Å². The largest absolute Gasteiger partial charge is 0.353 e. The van der Waals surface area contributed by atoms with Crippen LogP contribution in [0.3, 0.4) is 0 Å².